The van der Waals surface area contributed by atoms with E-state index in [4.69, 9.17) is 0 Å². The predicted molar refractivity (Wildman–Crippen MR) is 77.1 cm³/mol. The average Bonchev–Trinajstić information content (AvgIpc) is 2.80. The first-order valence-electron chi connectivity index (χ1n) is 7.95. The van der Waals surface area contributed by atoms with Crippen LogP contribution in [0.5, 0.6) is 0 Å². The van der Waals surface area contributed by atoms with E-state index in [1.807, 2.05) is 0 Å². The van der Waals surface area contributed by atoms with Crippen molar-refractivity contribution in [1.29, 1.82) is 0 Å². The molecule has 0 radical (unpaired) electrons. The van der Waals surface area contributed by atoms with Gasteiger partial charge in [-0.3, -0.25) is 0 Å². The summed E-state index contributed by atoms with van der Waals surface area (Å²) in [6, 6.07) is 0. The molecular weight excluding hydrogens is 206 g/mol. The largest absolute Gasteiger partial charge is 0.239 e. The molecule has 0 N–H and O–H groups in total. The Morgan fingerprint density at radius 1 is 0.941 bits per heavy atom. The van der Waals surface area contributed by atoms with Crippen LogP contribution >= 0.6 is 0 Å². The van der Waals surface area contributed by atoms with E-state index in [2.05, 4.69) is 24.6 Å². The Hall–Kier alpha value is -0.330. The molecule has 1 unspecified atom stereocenters. The lowest BCUT2D eigenvalue weighted by molar-refractivity contribution is -0.516. The summed E-state index contributed by atoms with van der Waals surface area (Å²) in [6.07, 6.45) is 16.7. The lowest BCUT2D eigenvalue weighted by Crippen LogP contribution is -2.10. The molecule has 0 aromatic heterocycles. The summed E-state index contributed by atoms with van der Waals surface area (Å²) in [4.78, 5) is 0. The van der Waals surface area contributed by atoms with Gasteiger partial charge >= 0.3 is 0 Å². The lowest BCUT2D eigenvalue weighted by atomic mass is 10.1. The molecule has 0 saturated carbocycles. The van der Waals surface area contributed by atoms with E-state index in [9.17, 15) is 0 Å². The maximum absolute atomic E-state index is 2.56. The van der Waals surface area contributed by atoms with E-state index >= 15 is 0 Å². The zero-order chi connectivity index (χ0) is 12.3. The van der Waals surface area contributed by atoms with E-state index in [-0.39, 0.29) is 0 Å². The maximum Gasteiger partial charge on any atom is 0.143 e. The lowest BCUT2D eigenvalue weighted by Gasteiger charge is -2.00. The molecule has 0 bridgehead atoms. The topological polar surface area (TPSA) is 3.01 Å². The quantitative estimate of drug-likeness (QED) is 0.385. The Balaban J connectivity index is 1.88. The van der Waals surface area contributed by atoms with E-state index in [0.29, 0.717) is 0 Å². The predicted octanol–water partition coefficient (Wildman–Crippen LogP) is 4.64. The summed E-state index contributed by atoms with van der Waals surface area (Å²) in [6.45, 7) is 7.22. The van der Waals surface area contributed by atoms with Crippen molar-refractivity contribution < 1.29 is 4.58 Å². The van der Waals surface area contributed by atoms with Gasteiger partial charge < -0.3 is 0 Å². The Morgan fingerprint density at radius 2 is 1.59 bits per heavy atom. The fourth-order valence-corrected chi connectivity index (χ4v) is 2.72. The second-order valence-electron chi connectivity index (χ2n) is 5.62. The number of nitrogens with zero attached hydrogens (tertiary/aromatic N) is 1. The molecule has 0 saturated heterocycles. The van der Waals surface area contributed by atoms with Crippen molar-refractivity contribution in [3.05, 3.63) is 0 Å². The van der Waals surface area contributed by atoms with Gasteiger partial charge in [0.2, 0.25) is 0 Å². The third-order valence-electron chi connectivity index (χ3n) is 4.03. The Labute approximate surface area is 108 Å². The molecular formula is C16H32N+. The summed E-state index contributed by atoms with van der Waals surface area (Å²) in [5.74, 6) is 0.879. The minimum absolute atomic E-state index is 0.879. The number of rotatable bonds is 10. The summed E-state index contributed by atoms with van der Waals surface area (Å²) < 4.78 is 2.56. The first-order chi connectivity index (χ1) is 8.36. The Bertz CT molecular complexity index is 208. The van der Waals surface area contributed by atoms with E-state index in [1.54, 1.807) is 0 Å². The van der Waals surface area contributed by atoms with Gasteiger partial charge in [0.05, 0.1) is 0 Å². The van der Waals surface area contributed by atoms with Crippen LogP contribution in [-0.4, -0.2) is 23.9 Å². The molecule has 0 aromatic rings. The standard InChI is InChI=1S/C16H32N/c1-3-5-6-7-8-9-10-11-13-17-14-12-16(4-2)15-17/h15-16H,3-14H2,1-2H3/q+1. The van der Waals surface area contributed by atoms with Gasteiger partial charge in [0, 0.05) is 18.8 Å². The minimum atomic E-state index is 0.879. The fraction of sp³-hybridized carbons (Fsp3) is 0.938. The Morgan fingerprint density at radius 3 is 2.18 bits per heavy atom. The Kier molecular flexibility index (Phi) is 8.38. The van der Waals surface area contributed by atoms with Crippen LogP contribution < -0.4 is 0 Å². The van der Waals surface area contributed by atoms with Crippen molar-refractivity contribution in [2.75, 3.05) is 13.1 Å². The molecule has 1 heterocycles. The van der Waals surface area contributed by atoms with Crippen LogP contribution in [0, 0.1) is 5.92 Å². The van der Waals surface area contributed by atoms with Crippen LogP contribution in [0.4, 0.5) is 0 Å². The van der Waals surface area contributed by atoms with E-state index in [0.717, 1.165) is 5.92 Å². The van der Waals surface area contributed by atoms with Crippen LogP contribution in [-0.2, 0) is 0 Å². The molecule has 0 amide bonds. The fourth-order valence-electron chi connectivity index (χ4n) is 2.72. The number of unbranched alkanes of at least 4 members (excludes halogenated alkanes) is 7. The molecule has 0 aromatic carbocycles. The SMILES string of the molecule is CCCCCCCCCC[N+]1=CC(CC)CC1. The highest BCUT2D eigenvalue weighted by Gasteiger charge is 2.19. The second-order valence-corrected chi connectivity index (χ2v) is 5.62. The van der Waals surface area contributed by atoms with Crippen LogP contribution in [0.3, 0.4) is 0 Å². The molecule has 1 aliphatic rings. The van der Waals surface area contributed by atoms with Gasteiger partial charge in [-0.05, 0) is 12.8 Å². The molecule has 17 heavy (non-hydrogen) atoms. The highest BCUT2D eigenvalue weighted by atomic mass is 15.0. The molecule has 1 heteroatoms. The van der Waals surface area contributed by atoms with Gasteiger partial charge in [0.15, 0.2) is 0 Å². The average molecular weight is 238 g/mol. The summed E-state index contributed by atoms with van der Waals surface area (Å²) in [7, 11) is 0. The molecule has 0 fully saturated rings. The van der Waals surface area contributed by atoms with Gasteiger partial charge in [0.25, 0.3) is 0 Å². The molecule has 0 aliphatic carbocycles. The smallest absolute Gasteiger partial charge is 0.143 e. The molecule has 1 atom stereocenters. The summed E-state index contributed by atoms with van der Waals surface area (Å²) in [5, 5.41) is 0. The van der Waals surface area contributed by atoms with Crippen LogP contribution in [0.15, 0.2) is 0 Å². The van der Waals surface area contributed by atoms with Crippen molar-refractivity contribution in [2.45, 2.75) is 78.1 Å². The first kappa shape index (κ1) is 14.7. The number of hydrogen-bond acceptors (Lipinski definition) is 0. The third kappa shape index (κ3) is 6.85. The number of hydrogen-bond donors (Lipinski definition) is 0. The maximum atomic E-state index is 2.56. The first-order valence-corrected chi connectivity index (χ1v) is 7.95. The van der Waals surface area contributed by atoms with Crippen LogP contribution in [0.25, 0.3) is 0 Å². The van der Waals surface area contributed by atoms with Gasteiger partial charge in [-0.2, -0.15) is 0 Å². The van der Waals surface area contributed by atoms with Gasteiger partial charge in [-0.25, -0.2) is 4.58 Å². The minimum Gasteiger partial charge on any atom is -0.239 e. The summed E-state index contributed by atoms with van der Waals surface area (Å²) >= 11 is 0. The molecule has 0 spiro atoms. The molecule has 1 aliphatic heterocycles. The van der Waals surface area contributed by atoms with Crippen molar-refractivity contribution in [3.8, 4) is 0 Å². The molecule has 1 rings (SSSR count). The monoisotopic (exact) mass is 238 g/mol. The highest BCUT2D eigenvalue weighted by molar-refractivity contribution is 5.56. The van der Waals surface area contributed by atoms with Gasteiger partial charge in [0.1, 0.15) is 19.3 Å². The molecule has 100 valence electrons. The third-order valence-corrected chi connectivity index (χ3v) is 4.03. The normalized spacial score (nSPS) is 19.6. The van der Waals surface area contributed by atoms with Crippen LogP contribution in [0.2, 0.25) is 0 Å². The van der Waals surface area contributed by atoms with Crippen molar-refractivity contribution >= 4 is 6.21 Å². The van der Waals surface area contributed by atoms with E-state index in [1.165, 1.54) is 77.3 Å². The zero-order valence-corrected chi connectivity index (χ0v) is 12.1. The summed E-state index contributed by atoms with van der Waals surface area (Å²) in [5.41, 5.74) is 0. The highest BCUT2D eigenvalue weighted by Crippen LogP contribution is 2.12. The van der Waals surface area contributed by atoms with E-state index < -0.39 is 0 Å². The van der Waals surface area contributed by atoms with Gasteiger partial charge in [-0.1, -0.05) is 52.4 Å². The second kappa shape index (κ2) is 9.67. The van der Waals surface area contributed by atoms with Crippen LogP contribution in [0.1, 0.15) is 78.1 Å². The zero-order valence-electron chi connectivity index (χ0n) is 12.1. The van der Waals surface area contributed by atoms with Crippen molar-refractivity contribution in [1.82, 2.24) is 0 Å². The van der Waals surface area contributed by atoms with Crippen molar-refractivity contribution in [3.63, 3.8) is 0 Å². The van der Waals surface area contributed by atoms with Crippen molar-refractivity contribution in [2.24, 2.45) is 5.92 Å². The molecule has 1 nitrogen and oxygen atoms in total. The van der Waals surface area contributed by atoms with Gasteiger partial charge in [-0.15, -0.1) is 0 Å².